The minimum absolute atomic E-state index is 0.153. The first kappa shape index (κ1) is 20.8. The van der Waals surface area contributed by atoms with Crippen molar-refractivity contribution in [2.24, 2.45) is 0 Å². The van der Waals surface area contributed by atoms with E-state index in [0.29, 0.717) is 17.4 Å². The number of anilines is 2. The van der Waals surface area contributed by atoms with Gasteiger partial charge in [-0.05, 0) is 24.6 Å². The fourth-order valence-electron chi connectivity index (χ4n) is 2.48. The Bertz CT molecular complexity index is 804. The number of halogens is 1. The first-order chi connectivity index (χ1) is 13.0. The Morgan fingerprint density at radius 2 is 2.04 bits per heavy atom. The number of benzene rings is 1. The van der Waals surface area contributed by atoms with E-state index in [4.69, 9.17) is 0 Å². The Labute approximate surface area is 162 Å². The molecule has 0 atom stereocenters. The Kier molecular flexibility index (Phi) is 8.13. The molecule has 0 spiro atoms. The van der Waals surface area contributed by atoms with Crippen molar-refractivity contribution in [3.8, 4) is 0 Å². The van der Waals surface area contributed by atoms with E-state index in [1.807, 2.05) is 0 Å². The summed E-state index contributed by atoms with van der Waals surface area (Å²) in [6, 6.07) is 6.05. The van der Waals surface area contributed by atoms with Gasteiger partial charge in [-0.3, -0.25) is 14.5 Å². The highest BCUT2D eigenvalue weighted by atomic mass is 32.1. The molecule has 0 radical (unpaired) electrons. The lowest BCUT2D eigenvalue weighted by molar-refractivity contribution is -0.117. The third-order valence-corrected chi connectivity index (χ3v) is 4.69. The Hall–Kier alpha value is -2.54. The number of hydrogen-bond donors (Lipinski definition) is 1. The van der Waals surface area contributed by atoms with E-state index in [1.165, 1.54) is 47.8 Å². The van der Waals surface area contributed by atoms with Crippen LogP contribution in [0.4, 0.5) is 15.2 Å². The standard InChI is InChI=1S/C20H24FN3O2S/c1-3-4-5-8-13-22-19(26)12-11-16-14-27-20(23-16)24(15(2)25)18-10-7-6-9-17(18)21/h6-7,9-12,14H,3-5,8,13H2,1-2H3,(H,22,26). The van der Waals surface area contributed by atoms with Crippen LogP contribution in [0.1, 0.15) is 45.2 Å². The van der Waals surface area contributed by atoms with Gasteiger partial charge < -0.3 is 5.32 Å². The van der Waals surface area contributed by atoms with Crippen LogP contribution in [0.2, 0.25) is 0 Å². The quantitative estimate of drug-likeness (QED) is 0.500. The van der Waals surface area contributed by atoms with E-state index in [2.05, 4.69) is 17.2 Å². The summed E-state index contributed by atoms with van der Waals surface area (Å²) in [4.78, 5) is 29.4. The third kappa shape index (κ3) is 6.29. The molecular formula is C20H24FN3O2S. The molecule has 144 valence electrons. The zero-order chi connectivity index (χ0) is 19.6. The minimum atomic E-state index is -0.498. The van der Waals surface area contributed by atoms with Crippen LogP contribution in [0.15, 0.2) is 35.7 Å². The summed E-state index contributed by atoms with van der Waals surface area (Å²) in [5, 5.41) is 4.90. The Morgan fingerprint density at radius 1 is 1.26 bits per heavy atom. The van der Waals surface area contributed by atoms with Gasteiger partial charge in [0, 0.05) is 24.9 Å². The molecule has 0 aliphatic heterocycles. The van der Waals surface area contributed by atoms with E-state index < -0.39 is 5.82 Å². The van der Waals surface area contributed by atoms with Crippen LogP contribution in [0.5, 0.6) is 0 Å². The van der Waals surface area contributed by atoms with E-state index in [9.17, 15) is 14.0 Å². The molecule has 27 heavy (non-hydrogen) atoms. The zero-order valence-corrected chi connectivity index (χ0v) is 16.4. The van der Waals surface area contributed by atoms with E-state index in [-0.39, 0.29) is 17.5 Å². The number of unbranched alkanes of at least 4 members (excludes halogenated alkanes) is 3. The summed E-state index contributed by atoms with van der Waals surface area (Å²) in [6.07, 6.45) is 7.39. The van der Waals surface area contributed by atoms with Crippen molar-refractivity contribution in [3.05, 3.63) is 47.2 Å². The van der Waals surface area contributed by atoms with Gasteiger partial charge in [0.15, 0.2) is 5.13 Å². The monoisotopic (exact) mass is 389 g/mol. The van der Waals surface area contributed by atoms with Gasteiger partial charge in [-0.15, -0.1) is 11.3 Å². The average molecular weight is 389 g/mol. The molecule has 0 aliphatic carbocycles. The SMILES string of the molecule is CCCCCCNC(=O)C=Cc1csc(N(C(C)=O)c2ccccc2F)n1. The van der Waals surface area contributed by atoms with Crippen molar-refractivity contribution >= 4 is 40.0 Å². The summed E-state index contributed by atoms with van der Waals surface area (Å²) in [5.41, 5.74) is 0.693. The predicted molar refractivity (Wildman–Crippen MR) is 108 cm³/mol. The molecule has 0 aliphatic rings. The number of carbonyl (C=O) groups excluding carboxylic acids is 2. The molecule has 2 rings (SSSR count). The maximum atomic E-state index is 14.1. The Morgan fingerprint density at radius 3 is 2.74 bits per heavy atom. The number of nitrogens with one attached hydrogen (secondary N) is 1. The predicted octanol–water partition coefficient (Wildman–Crippen LogP) is 4.68. The minimum Gasteiger partial charge on any atom is -0.353 e. The van der Waals surface area contributed by atoms with Crippen molar-refractivity contribution in [1.82, 2.24) is 10.3 Å². The number of para-hydroxylation sites is 1. The number of nitrogens with zero attached hydrogens (tertiary/aromatic N) is 2. The van der Waals surface area contributed by atoms with Gasteiger partial charge in [-0.25, -0.2) is 9.37 Å². The first-order valence-electron chi connectivity index (χ1n) is 8.99. The van der Waals surface area contributed by atoms with Crippen molar-refractivity contribution in [3.63, 3.8) is 0 Å². The summed E-state index contributed by atoms with van der Waals surface area (Å²) >= 11 is 1.21. The fourth-order valence-corrected chi connectivity index (χ4v) is 3.33. The van der Waals surface area contributed by atoms with Crippen LogP contribution in [0.3, 0.4) is 0 Å². The van der Waals surface area contributed by atoms with Gasteiger partial charge in [0.2, 0.25) is 11.8 Å². The molecule has 0 bridgehead atoms. The molecule has 0 fully saturated rings. The topological polar surface area (TPSA) is 62.3 Å². The largest absolute Gasteiger partial charge is 0.353 e. The summed E-state index contributed by atoms with van der Waals surface area (Å²) < 4.78 is 14.1. The normalized spacial score (nSPS) is 10.9. The van der Waals surface area contributed by atoms with Crippen LogP contribution in [-0.4, -0.2) is 23.3 Å². The molecule has 7 heteroatoms. The van der Waals surface area contributed by atoms with Crippen LogP contribution >= 0.6 is 11.3 Å². The summed E-state index contributed by atoms with van der Waals surface area (Å²) in [7, 11) is 0. The van der Waals surface area contributed by atoms with Crippen molar-refractivity contribution < 1.29 is 14.0 Å². The van der Waals surface area contributed by atoms with Gasteiger partial charge in [0.05, 0.1) is 11.4 Å². The van der Waals surface area contributed by atoms with Gasteiger partial charge in [0.25, 0.3) is 0 Å². The number of aromatic nitrogens is 1. The molecule has 5 nitrogen and oxygen atoms in total. The Balaban J connectivity index is 2.01. The molecule has 1 N–H and O–H groups in total. The molecule has 0 saturated heterocycles. The molecule has 1 aromatic carbocycles. The lowest BCUT2D eigenvalue weighted by Crippen LogP contribution is -2.23. The van der Waals surface area contributed by atoms with Gasteiger partial charge in [-0.1, -0.05) is 38.3 Å². The number of thiazole rings is 1. The zero-order valence-electron chi connectivity index (χ0n) is 15.6. The van der Waals surface area contributed by atoms with Gasteiger partial charge >= 0.3 is 0 Å². The fraction of sp³-hybridized carbons (Fsp3) is 0.350. The molecule has 0 unspecified atom stereocenters. The summed E-state index contributed by atoms with van der Waals surface area (Å²) in [6.45, 7) is 4.15. The van der Waals surface area contributed by atoms with Crippen molar-refractivity contribution in [1.29, 1.82) is 0 Å². The third-order valence-electron chi connectivity index (χ3n) is 3.84. The van der Waals surface area contributed by atoms with Crippen LogP contribution < -0.4 is 10.2 Å². The lowest BCUT2D eigenvalue weighted by atomic mass is 10.2. The highest BCUT2D eigenvalue weighted by molar-refractivity contribution is 7.14. The van der Waals surface area contributed by atoms with Crippen LogP contribution in [0, 0.1) is 5.82 Å². The lowest BCUT2D eigenvalue weighted by Gasteiger charge is -2.18. The second-order valence-electron chi connectivity index (χ2n) is 6.05. The van der Waals surface area contributed by atoms with Crippen molar-refractivity contribution in [2.45, 2.75) is 39.5 Å². The van der Waals surface area contributed by atoms with Crippen LogP contribution in [-0.2, 0) is 9.59 Å². The van der Waals surface area contributed by atoms with Crippen molar-refractivity contribution in [2.75, 3.05) is 11.4 Å². The molecular weight excluding hydrogens is 365 g/mol. The molecule has 2 amide bonds. The maximum Gasteiger partial charge on any atom is 0.244 e. The number of rotatable bonds is 9. The molecule has 0 saturated carbocycles. The van der Waals surface area contributed by atoms with E-state index in [0.717, 1.165) is 19.3 Å². The van der Waals surface area contributed by atoms with Crippen LogP contribution in [0.25, 0.3) is 6.08 Å². The van der Waals surface area contributed by atoms with E-state index in [1.54, 1.807) is 23.6 Å². The molecule has 2 aromatic rings. The number of amides is 2. The van der Waals surface area contributed by atoms with E-state index >= 15 is 0 Å². The second kappa shape index (κ2) is 10.6. The van der Waals surface area contributed by atoms with Gasteiger partial charge in [-0.2, -0.15) is 0 Å². The number of hydrogen-bond acceptors (Lipinski definition) is 4. The number of carbonyl (C=O) groups is 2. The summed E-state index contributed by atoms with van der Waals surface area (Å²) in [5.74, 6) is -1.02. The molecule has 1 heterocycles. The smallest absolute Gasteiger partial charge is 0.244 e. The highest BCUT2D eigenvalue weighted by Crippen LogP contribution is 2.30. The molecule has 1 aromatic heterocycles. The second-order valence-corrected chi connectivity index (χ2v) is 6.88. The maximum absolute atomic E-state index is 14.1. The average Bonchev–Trinajstić information content (AvgIpc) is 3.10. The van der Waals surface area contributed by atoms with Gasteiger partial charge in [0.1, 0.15) is 5.82 Å². The highest BCUT2D eigenvalue weighted by Gasteiger charge is 2.20. The first-order valence-corrected chi connectivity index (χ1v) is 9.87.